The number of para-hydroxylation sites is 1. The lowest BCUT2D eigenvalue weighted by Gasteiger charge is -2.33. The van der Waals surface area contributed by atoms with Crippen LogP contribution in [-0.4, -0.2) is 24.7 Å². The average molecular weight is 358 g/mol. The molecule has 1 unspecified atom stereocenters. The molecule has 0 aliphatic carbocycles. The summed E-state index contributed by atoms with van der Waals surface area (Å²) in [5.41, 5.74) is 5.90. The van der Waals surface area contributed by atoms with E-state index in [1.165, 1.54) is 6.07 Å². The number of amides is 1. The number of ether oxygens (including phenoxy) is 2. The molecule has 2 aromatic carbocycles. The summed E-state index contributed by atoms with van der Waals surface area (Å²) in [6.45, 7) is 2.74. The van der Waals surface area contributed by atoms with Gasteiger partial charge in [-0.25, -0.2) is 4.39 Å². The Balaban J connectivity index is 1.67. The van der Waals surface area contributed by atoms with Crippen LogP contribution in [0.15, 0.2) is 48.5 Å². The summed E-state index contributed by atoms with van der Waals surface area (Å²) < 4.78 is 25.2. The fourth-order valence-electron chi connectivity index (χ4n) is 2.87. The minimum absolute atomic E-state index is 0.137. The van der Waals surface area contributed by atoms with Crippen LogP contribution >= 0.6 is 0 Å². The maximum atomic E-state index is 14.4. The van der Waals surface area contributed by atoms with Gasteiger partial charge in [-0.2, -0.15) is 0 Å². The van der Waals surface area contributed by atoms with E-state index in [0.29, 0.717) is 37.4 Å². The molecule has 1 fully saturated rings. The van der Waals surface area contributed by atoms with E-state index in [0.717, 1.165) is 0 Å². The second-order valence-corrected chi connectivity index (χ2v) is 6.57. The summed E-state index contributed by atoms with van der Waals surface area (Å²) in [4.78, 5) is 12.5. The van der Waals surface area contributed by atoms with E-state index >= 15 is 0 Å². The first-order valence-electron chi connectivity index (χ1n) is 8.68. The van der Waals surface area contributed by atoms with Crippen molar-refractivity contribution in [2.45, 2.75) is 31.3 Å². The Morgan fingerprint density at radius 1 is 1.23 bits per heavy atom. The largest absolute Gasteiger partial charge is 0.454 e. The van der Waals surface area contributed by atoms with Gasteiger partial charge < -0.3 is 20.5 Å². The number of rotatable bonds is 5. The van der Waals surface area contributed by atoms with E-state index in [-0.39, 0.29) is 17.7 Å². The molecule has 3 rings (SSSR count). The topological polar surface area (TPSA) is 73.6 Å². The van der Waals surface area contributed by atoms with Crippen molar-refractivity contribution in [3.05, 3.63) is 59.9 Å². The normalized spacial score (nSPS) is 17.3. The van der Waals surface area contributed by atoms with E-state index in [2.05, 4.69) is 5.32 Å². The van der Waals surface area contributed by atoms with Crippen LogP contribution in [0.2, 0.25) is 0 Å². The quantitative estimate of drug-likeness (QED) is 0.860. The third kappa shape index (κ3) is 4.20. The number of benzene rings is 2. The molecule has 0 saturated carbocycles. The van der Waals surface area contributed by atoms with Gasteiger partial charge in [-0.15, -0.1) is 0 Å². The van der Waals surface area contributed by atoms with Crippen molar-refractivity contribution in [1.29, 1.82) is 0 Å². The standard InChI is InChI=1S/C20H23FN2O3/c1-14(23-19(24)20(22)9-11-25-12-10-20)15-7-8-18(17(21)13-15)26-16-5-3-2-4-6-16/h2-8,13-14H,9-12,22H2,1H3,(H,23,24). The van der Waals surface area contributed by atoms with Crippen LogP contribution in [0.5, 0.6) is 11.5 Å². The maximum Gasteiger partial charge on any atom is 0.240 e. The van der Waals surface area contributed by atoms with Crippen LogP contribution in [0.4, 0.5) is 4.39 Å². The number of nitrogens with two attached hydrogens (primary N) is 1. The highest BCUT2D eigenvalue weighted by Crippen LogP contribution is 2.27. The van der Waals surface area contributed by atoms with E-state index in [4.69, 9.17) is 15.2 Å². The van der Waals surface area contributed by atoms with Gasteiger partial charge in [0.1, 0.15) is 5.75 Å². The molecule has 1 heterocycles. The SMILES string of the molecule is CC(NC(=O)C1(N)CCOCC1)c1ccc(Oc2ccccc2)c(F)c1. The van der Waals surface area contributed by atoms with Crippen LogP contribution in [0.3, 0.4) is 0 Å². The van der Waals surface area contributed by atoms with Crippen molar-refractivity contribution in [3.8, 4) is 11.5 Å². The number of hydrogen-bond donors (Lipinski definition) is 2. The van der Waals surface area contributed by atoms with Gasteiger partial charge in [-0.05, 0) is 49.6 Å². The summed E-state index contributed by atoms with van der Waals surface area (Å²) in [6.07, 6.45) is 0.952. The van der Waals surface area contributed by atoms with Crippen molar-refractivity contribution in [1.82, 2.24) is 5.32 Å². The molecule has 0 bridgehead atoms. The number of carbonyl (C=O) groups excluding carboxylic acids is 1. The fourth-order valence-corrected chi connectivity index (χ4v) is 2.87. The molecule has 1 aliphatic rings. The Morgan fingerprint density at radius 3 is 2.58 bits per heavy atom. The fraction of sp³-hybridized carbons (Fsp3) is 0.350. The summed E-state index contributed by atoms with van der Waals surface area (Å²) in [5.74, 6) is -0.0254. The zero-order chi connectivity index (χ0) is 18.6. The molecule has 0 aromatic heterocycles. The second-order valence-electron chi connectivity index (χ2n) is 6.57. The zero-order valence-electron chi connectivity index (χ0n) is 14.7. The molecule has 1 amide bonds. The Bertz CT molecular complexity index is 761. The van der Waals surface area contributed by atoms with Gasteiger partial charge in [-0.3, -0.25) is 4.79 Å². The van der Waals surface area contributed by atoms with E-state index in [9.17, 15) is 9.18 Å². The molecule has 0 spiro atoms. The molecule has 1 aliphatic heterocycles. The minimum atomic E-state index is -0.929. The highest BCUT2D eigenvalue weighted by atomic mass is 19.1. The first-order chi connectivity index (χ1) is 12.5. The lowest BCUT2D eigenvalue weighted by Crippen LogP contribution is -2.57. The predicted octanol–water partition coefficient (Wildman–Crippen LogP) is 3.30. The monoisotopic (exact) mass is 358 g/mol. The van der Waals surface area contributed by atoms with E-state index in [1.807, 2.05) is 18.2 Å². The van der Waals surface area contributed by atoms with Gasteiger partial charge in [0.2, 0.25) is 5.91 Å². The second kappa shape index (κ2) is 7.85. The summed E-state index contributed by atoms with van der Waals surface area (Å²) in [6, 6.07) is 13.3. The number of nitrogens with one attached hydrogen (secondary N) is 1. The first-order valence-corrected chi connectivity index (χ1v) is 8.68. The van der Waals surface area contributed by atoms with Gasteiger partial charge in [0.15, 0.2) is 11.6 Å². The predicted molar refractivity (Wildman–Crippen MR) is 96.4 cm³/mol. The molecule has 3 N–H and O–H groups in total. The molecular weight excluding hydrogens is 335 g/mol. The summed E-state index contributed by atoms with van der Waals surface area (Å²) >= 11 is 0. The van der Waals surface area contributed by atoms with Crippen molar-refractivity contribution >= 4 is 5.91 Å². The van der Waals surface area contributed by atoms with E-state index in [1.54, 1.807) is 31.2 Å². The van der Waals surface area contributed by atoms with Gasteiger partial charge in [0.25, 0.3) is 0 Å². The summed E-state index contributed by atoms with van der Waals surface area (Å²) in [5, 5.41) is 2.88. The Kier molecular flexibility index (Phi) is 5.54. The van der Waals surface area contributed by atoms with Gasteiger partial charge >= 0.3 is 0 Å². The first kappa shape index (κ1) is 18.4. The highest BCUT2D eigenvalue weighted by molar-refractivity contribution is 5.86. The molecule has 2 aromatic rings. The molecule has 1 saturated heterocycles. The zero-order valence-corrected chi connectivity index (χ0v) is 14.7. The third-order valence-corrected chi connectivity index (χ3v) is 4.61. The number of halogens is 1. The van der Waals surface area contributed by atoms with Crippen LogP contribution in [-0.2, 0) is 9.53 Å². The molecule has 5 nitrogen and oxygen atoms in total. The molecule has 0 radical (unpaired) electrons. The number of hydrogen-bond acceptors (Lipinski definition) is 4. The van der Waals surface area contributed by atoms with Crippen molar-refractivity contribution in [3.63, 3.8) is 0 Å². The van der Waals surface area contributed by atoms with Crippen LogP contribution in [0.1, 0.15) is 31.4 Å². The third-order valence-electron chi connectivity index (χ3n) is 4.61. The molecular formula is C20H23FN2O3. The smallest absolute Gasteiger partial charge is 0.240 e. The van der Waals surface area contributed by atoms with Gasteiger partial charge in [-0.1, -0.05) is 24.3 Å². The molecule has 26 heavy (non-hydrogen) atoms. The van der Waals surface area contributed by atoms with E-state index < -0.39 is 11.4 Å². The lowest BCUT2D eigenvalue weighted by molar-refractivity contribution is -0.130. The molecule has 138 valence electrons. The van der Waals surface area contributed by atoms with Crippen LogP contribution in [0.25, 0.3) is 0 Å². The van der Waals surface area contributed by atoms with Crippen LogP contribution < -0.4 is 15.8 Å². The molecule has 6 heteroatoms. The maximum absolute atomic E-state index is 14.4. The van der Waals surface area contributed by atoms with Gasteiger partial charge in [0, 0.05) is 13.2 Å². The van der Waals surface area contributed by atoms with Crippen molar-refractivity contribution in [2.24, 2.45) is 5.73 Å². The van der Waals surface area contributed by atoms with Gasteiger partial charge in [0.05, 0.1) is 11.6 Å². The Hall–Kier alpha value is -2.44. The lowest BCUT2D eigenvalue weighted by atomic mass is 9.90. The Morgan fingerprint density at radius 2 is 1.92 bits per heavy atom. The Labute approximate surface area is 152 Å². The minimum Gasteiger partial charge on any atom is -0.454 e. The summed E-state index contributed by atoms with van der Waals surface area (Å²) in [7, 11) is 0. The van der Waals surface area contributed by atoms with Crippen molar-refractivity contribution < 1.29 is 18.7 Å². The van der Waals surface area contributed by atoms with Crippen molar-refractivity contribution in [2.75, 3.05) is 13.2 Å². The van der Waals surface area contributed by atoms with Crippen LogP contribution in [0, 0.1) is 5.82 Å². The molecule has 1 atom stereocenters. The number of carbonyl (C=O) groups is 1. The average Bonchev–Trinajstić information content (AvgIpc) is 2.64. The highest BCUT2D eigenvalue weighted by Gasteiger charge is 2.36.